The average Bonchev–Trinajstić information content (AvgIpc) is 2.75. The van der Waals surface area contributed by atoms with E-state index in [1.165, 1.54) is 0 Å². The Hall–Kier alpha value is -1.79. The molecule has 2 N–H and O–H groups in total. The first-order valence-corrected chi connectivity index (χ1v) is 11.0. The Bertz CT molecular complexity index is 852. The molecule has 1 fully saturated rings. The van der Waals surface area contributed by atoms with Crippen molar-refractivity contribution < 1.29 is 9.90 Å². The number of nitrogens with zero attached hydrogens (tertiary/aromatic N) is 2. The smallest absolute Gasteiger partial charge is 0.318 e. The lowest BCUT2D eigenvalue weighted by atomic mass is 10.0. The maximum atomic E-state index is 13.3. The highest BCUT2D eigenvalue weighted by Crippen LogP contribution is 2.30. The van der Waals surface area contributed by atoms with E-state index >= 15 is 0 Å². The second-order valence-electron chi connectivity index (χ2n) is 7.95. The second-order valence-corrected chi connectivity index (χ2v) is 8.74. The van der Waals surface area contributed by atoms with Gasteiger partial charge >= 0.3 is 6.03 Å². The minimum absolute atomic E-state index is 0.0113. The molecule has 0 radical (unpaired) electrons. The van der Waals surface area contributed by atoms with Crippen LogP contribution in [-0.4, -0.2) is 47.1 Å². The number of rotatable bonds is 6. The molecule has 5 nitrogen and oxygen atoms in total. The third kappa shape index (κ3) is 5.67. The van der Waals surface area contributed by atoms with Gasteiger partial charge in [0.15, 0.2) is 0 Å². The van der Waals surface area contributed by atoms with Crippen molar-refractivity contribution in [3.8, 4) is 0 Å². The molecule has 1 unspecified atom stereocenters. The largest absolute Gasteiger partial charge is 0.392 e. The zero-order chi connectivity index (χ0) is 21.7. The summed E-state index contributed by atoms with van der Waals surface area (Å²) in [4.78, 5) is 17.5. The Morgan fingerprint density at radius 1 is 1.17 bits per heavy atom. The number of urea groups is 1. The van der Waals surface area contributed by atoms with Gasteiger partial charge < -0.3 is 20.2 Å². The quantitative estimate of drug-likeness (QED) is 0.662. The molecular formula is C23H29Cl2N3O2. The molecule has 0 spiro atoms. The number of hydrogen-bond acceptors (Lipinski definition) is 3. The van der Waals surface area contributed by atoms with E-state index in [9.17, 15) is 9.90 Å². The van der Waals surface area contributed by atoms with E-state index < -0.39 is 0 Å². The molecule has 162 valence electrons. The van der Waals surface area contributed by atoms with E-state index in [2.05, 4.69) is 17.3 Å². The lowest BCUT2D eigenvalue weighted by Gasteiger charge is -2.38. The summed E-state index contributed by atoms with van der Waals surface area (Å²) in [5.74, 6) is 0. The maximum absolute atomic E-state index is 13.3. The van der Waals surface area contributed by atoms with Crippen LogP contribution in [-0.2, 0) is 13.2 Å². The molecule has 30 heavy (non-hydrogen) atoms. The van der Waals surface area contributed by atoms with E-state index in [0.717, 1.165) is 42.6 Å². The van der Waals surface area contributed by atoms with Gasteiger partial charge in [-0.2, -0.15) is 0 Å². The number of piperidine rings is 1. The topological polar surface area (TPSA) is 55.8 Å². The average molecular weight is 450 g/mol. The Morgan fingerprint density at radius 3 is 2.43 bits per heavy atom. The van der Waals surface area contributed by atoms with Crippen molar-refractivity contribution in [2.75, 3.05) is 20.1 Å². The highest BCUT2D eigenvalue weighted by atomic mass is 35.5. The summed E-state index contributed by atoms with van der Waals surface area (Å²) in [7, 11) is 2.11. The highest BCUT2D eigenvalue weighted by Gasteiger charge is 2.28. The molecule has 2 aromatic carbocycles. The molecule has 1 aliphatic heterocycles. The van der Waals surface area contributed by atoms with Crippen LogP contribution in [0.1, 0.15) is 42.5 Å². The van der Waals surface area contributed by atoms with Gasteiger partial charge in [-0.3, -0.25) is 0 Å². The fourth-order valence-corrected chi connectivity index (χ4v) is 4.29. The van der Waals surface area contributed by atoms with Crippen LogP contribution in [0.2, 0.25) is 10.0 Å². The number of amides is 2. The van der Waals surface area contributed by atoms with Crippen LogP contribution in [0.3, 0.4) is 0 Å². The van der Waals surface area contributed by atoms with E-state index in [1.54, 1.807) is 6.07 Å². The van der Waals surface area contributed by atoms with Gasteiger partial charge in [0.2, 0.25) is 0 Å². The number of nitrogens with one attached hydrogen (secondary N) is 1. The monoisotopic (exact) mass is 449 g/mol. The number of carbonyl (C=O) groups excluding carboxylic acids is 1. The Kier molecular flexibility index (Phi) is 8.00. The predicted molar refractivity (Wildman–Crippen MR) is 122 cm³/mol. The van der Waals surface area contributed by atoms with Gasteiger partial charge in [-0.05, 0) is 62.7 Å². The van der Waals surface area contributed by atoms with Crippen molar-refractivity contribution in [3.63, 3.8) is 0 Å². The fraction of sp³-hybridized carbons (Fsp3) is 0.435. The van der Waals surface area contributed by atoms with Crippen LogP contribution in [0.25, 0.3) is 0 Å². The molecule has 0 bridgehead atoms. The maximum Gasteiger partial charge on any atom is 0.318 e. The molecule has 1 heterocycles. The molecule has 3 rings (SSSR count). The molecule has 1 atom stereocenters. The number of hydrogen-bond donors (Lipinski definition) is 2. The SMILES string of the molecule is CC(NC(=O)N(Cc1ccc(CO)cc1)C1CCN(C)CC1)c1cccc(Cl)c1Cl. The summed E-state index contributed by atoms with van der Waals surface area (Å²) in [6.45, 7) is 4.37. The van der Waals surface area contributed by atoms with E-state index in [0.29, 0.717) is 16.6 Å². The first-order valence-electron chi connectivity index (χ1n) is 10.3. The lowest BCUT2D eigenvalue weighted by Crippen LogP contribution is -2.50. The molecule has 1 aliphatic rings. The van der Waals surface area contributed by atoms with Gasteiger partial charge in [0, 0.05) is 12.6 Å². The van der Waals surface area contributed by atoms with Crippen LogP contribution in [0.4, 0.5) is 4.79 Å². The number of aliphatic hydroxyl groups is 1. The predicted octanol–water partition coefficient (Wildman–Crippen LogP) is 4.85. The molecule has 2 aromatic rings. The number of halogens is 2. The fourth-order valence-electron chi connectivity index (χ4n) is 3.82. The number of likely N-dealkylation sites (tertiary alicyclic amines) is 1. The normalized spacial score (nSPS) is 16.3. The first-order chi connectivity index (χ1) is 14.4. The number of carbonyl (C=O) groups is 1. The molecular weight excluding hydrogens is 421 g/mol. The van der Waals surface area contributed by atoms with Crippen molar-refractivity contribution in [2.24, 2.45) is 0 Å². The molecule has 2 amide bonds. The van der Waals surface area contributed by atoms with Crippen molar-refractivity contribution in [1.29, 1.82) is 0 Å². The van der Waals surface area contributed by atoms with Crippen molar-refractivity contribution in [2.45, 2.75) is 45.0 Å². The van der Waals surface area contributed by atoms with E-state index in [1.807, 2.05) is 48.2 Å². The lowest BCUT2D eigenvalue weighted by molar-refractivity contribution is 0.125. The van der Waals surface area contributed by atoms with E-state index in [-0.39, 0.29) is 24.7 Å². The summed E-state index contributed by atoms with van der Waals surface area (Å²) in [5.41, 5.74) is 2.70. The first kappa shape index (κ1) is 22.9. The summed E-state index contributed by atoms with van der Waals surface area (Å²) in [6.07, 6.45) is 1.87. The number of benzene rings is 2. The van der Waals surface area contributed by atoms with Gasteiger partial charge in [-0.15, -0.1) is 0 Å². The minimum Gasteiger partial charge on any atom is -0.392 e. The van der Waals surface area contributed by atoms with Crippen LogP contribution >= 0.6 is 23.2 Å². The van der Waals surface area contributed by atoms with Crippen LogP contribution in [0.5, 0.6) is 0 Å². The van der Waals surface area contributed by atoms with Gasteiger partial charge in [-0.25, -0.2) is 4.79 Å². The third-order valence-electron chi connectivity index (χ3n) is 5.74. The van der Waals surface area contributed by atoms with Gasteiger partial charge in [0.1, 0.15) is 0 Å². The Labute approximate surface area is 188 Å². The van der Waals surface area contributed by atoms with E-state index in [4.69, 9.17) is 23.2 Å². The molecule has 0 aliphatic carbocycles. The summed E-state index contributed by atoms with van der Waals surface area (Å²) < 4.78 is 0. The molecule has 0 aromatic heterocycles. The summed E-state index contributed by atoms with van der Waals surface area (Å²) in [5, 5.41) is 13.3. The standard InChI is InChI=1S/C23H29Cl2N3O2/c1-16(20-4-3-5-21(24)22(20)25)26-23(30)28(19-10-12-27(2)13-11-19)14-17-6-8-18(15-29)9-7-17/h3-9,16,19,29H,10-15H2,1-2H3,(H,26,30). The van der Waals surface area contributed by atoms with Crippen molar-refractivity contribution >= 4 is 29.2 Å². The molecule has 7 heteroatoms. The minimum atomic E-state index is -0.269. The Morgan fingerprint density at radius 2 is 1.80 bits per heavy atom. The van der Waals surface area contributed by atoms with Crippen molar-refractivity contribution in [3.05, 3.63) is 69.2 Å². The Balaban J connectivity index is 1.77. The zero-order valence-corrected chi connectivity index (χ0v) is 19.0. The summed E-state index contributed by atoms with van der Waals surface area (Å²) >= 11 is 12.5. The summed E-state index contributed by atoms with van der Waals surface area (Å²) in [6, 6.07) is 13.0. The second kappa shape index (κ2) is 10.5. The highest BCUT2D eigenvalue weighted by molar-refractivity contribution is 6.42. The molecule has 1 saturated heterocycles. The molecule has 0 saturated carbocycles. The number of aliphatic hydroxyl groups excluding tert-OH is 1. The zero-order valence-electron chi connectivity index (χ0n) is 17.4. The van der Waals surface area contributed by atoms with Crippen LogP contribution < -0.4 is 5.32 Å². The van der Waals surface area contributed by atoms with Gasteiger partial charge in [0.05, 0.1) is 22.7 Å². The van der Waals surface area contributed by atoms with Crippen LogP contribution in [0.15, 0.2) is 42.5 Å². The third-order valence-corrected chi connectivity index (χ3v) is 6.57. The van der Waals surface area contributed by atoms with Gasteiger partial charge in [-0.1, -0.05) is 59.6 Å². The van der Waals surface area contributed by atoms with Crippen LogP contribution in [0, 0.1) is 0 Å². The van der Waals surface area contributed by atoms with Crippen molar-refractivity contribution in [1.82, 2.24) is 15.1 Å². The van der Waals surface area contributed by atoms with Gasteiger partial charge in [0.25, 0.3) is 0 Å².